The van der Waals surface area contributed by atoms with E-state index in [4.69, 9.17) is 4.42 Å². The molecule has 0 aliphatic carbocycles. The van der Waals surface area contributed by atoms with Crippen molar-refractivity contribution in [3.05, 3.63) is 218 Å². The molecule has 0 radical (unpaired) electrons. The number of para-hydroxylation sites is 2. The van der Waals surface area contributed by atoms with Gasteiger partial charge >= 0.3 is 0 Å². The molecular formula is C54H36N2O. The van der Waals surface area contributed by atoms with E-state index < -0.39 is 0 Å². The second kappa shape index (κ2) is 13.6. The van der Waals surface area contributed by atoms with Crippen molar-refractivity contribution in [3.8, 4) is 39.1 Å². The van der Waals surface area contributed by atoms with E-state index in [1.54, 1.807) is 0 Å². The average Bonchev–Trinajstić information content (AvgIpc) is 3.83. The Bertz CT molecular complexity index is 3120. The maximum absolute atomic E-state index is 6.61. The van der Waals surface area contributed by atoms with Crippen LogP contribution in [0.1, 0.15) is 0 Å². The lowest BCUT2D eigenvalue weighted by Crippen LogP contribution is -2.10. The van der Waals surface area contributed by atoms with Crippen molar-refractivity contribution in [2.75, 3.05) is 4.90 Å². The highest BCUT2D eigenvalue weighted by Crippen LogP contribution is 2.45. The zero-order valence-electron chi connectivity index (χ0n) is 31.1. The third-order valence-electron chi connectivity index (χ3n) is 11.2. The van der Waals surface area contributed by atoms with Crippen LogP contribution in [0.4, 0.5) is 17.1 Å². The normalized spacial score (nSPS) is 11.5. The Labute approximate surface area is 330 Å². The molecule has 0 N–H and O–H groups in total. The van der Waals surface area contributed by atoms with Gasteiger partial charge in [-0.05, 0) is 112 Å². The summed E-state index contributed by atoms with van der Waals surface area (Å²) in [5, 5.41) is 4.63. The van der Waals surface area contributed by atoms with Gasteiger partial charge in [0, 0.05) is 33.2 Å². The van der Waals surface area contributed by atoms with E-state index >= 15 is 0 Å². The second-order valence-corrected chi connectivity index (χ2v) is 14.5. The van der Waals surface area contributed by atoms with E-state index in [0.29, 0.717) is 0 Å². The first-order valence-corrected chi connectivity index (χ1v) is 19.4. The van der Waals surface area contributed by atoms with Crippen LogP contribution in [0.15, 0.2) is 223 Å². The van der Waals surface area contributed by atoms with Crippen LogP contribution in [0, 0.1) is 0 Å². The zero-order valence-corrected chi connectivity index (χ0v) is 31.1. The van der Waals surface area contributed by atoms with E-state index in [9.17, 15) is 0 Å². The van der Waals surface area contributed by atoms with Gasteiger partial charge in [0.05, 0.1) is 22.1 Å². The van der Waals surface area contributed by atoms with Gasteiger partial charge in [-0.1, -0.05) is 140 Å². The maximum Gasteiger partial charge on any atom is 0.137 e. The van der Waals surface area contributed by atoms with Gasteiger partial charge in [0.1, 0.15) is 11.2 Å². The Morgan fingerprint density at radius 1 is 0.333 bits per heavy atom. The van der Waals surface area contributed by atoms with E-state index in [2.05, 4.69) is 228 Å². The van der Waals surface area contributed by atoms with Gasteiger partial charge in [-0.25, -0.2) is 0 Å². The Kier molecular flexibility index (Phi) is 7.82. The fourth-order valence-electron chi connectivity index (χ4n) is 8.48. The van der Waals surface area contributed by atoms with Crippen molar-refractivity contribution in [2.24, 2.45) is 0 Å². The van der Waals surface area contributed by atoms with Crippen molar-refractivity contribution in [1.82, 2.24) is 4.57 Å². The first kappa shape index (κ1) is 32.8. The van der Waals surface area contributed by atoms with Crippen molar-refractivity contribution in [1.29, 1.82) is 0 Å². The minimum atomic E-state index is 0.854. The molecule has 0 aliphatic heterocycles. The van der Waals surface area contributed by atoms with E-state index in [0.717, 1.165) is 55.8 Å². The molecule has 0 aliphatic rings. The molecule has 0 saturated heterocycles. The summed E-state index contributed by atoms with van der Waals surface area (Å²) >= 11 is 0. The van der Waals surface area contributed by atoms with Crippen molar-refractivity contribution in [3.63, 3.8) is 0 Å². The summed E-state index contributed by atoms with van der Waals surface area (Å²) in [6.45, 7) is 0. The number of rotatable bonds is 7. The van der Waals surface area contributed by atoms with Gasteiger partial charge < -0.3 is 13.9 Å². The molecule has 57 heavy (non-hydrogen) atoms. The van der Waals surface area contributed by atoms with Crippen molar-refractivity contribution >= 4 is 60.8 Å². The highest BCUT2D eigenvalue weighted by atomic mass is 16.3. The predicted octanol–water partition coefficient (Wildman–Crippen LogP) is 15.2. The van der Waals surface area contributed by atoms with Crippen LogP contribution < -0.4 is 4.90 Å². The first-order valence-electron chi connectivity index (χ1n) is 19.4. The van der Waals surface area contributed by atoms with Crippen molar-refractivity contribution in [2.45, 2.75) is 0 Å². The number of benzene rings is 9. The first-order chi connectivity index (χ1) is 28.3. The topological polar surface area (TPSA) is 21.3 Å². The van der Waals surface area contributed by atoms with E-state index in [1.165, 1.54) is 44.1 Å². The summed E-state index contributed by atoms with van der Waals surface area (Å²) in [6.07, 6.45) is 0. The largest absolute Gasteiger partial charge is 0.456 e. The van der Waals surface area contributed by atoms with Gasteiger partial charge in [0.2, 0.25) is 0 Å². The Balaban J connectivity index is 1.07. The van der Waals surface area contributed by atoms with Crippen LogP contribution in [0.25, 0.3) is 82.8 Å². The molecule has 3 heteroatoms. The molecule has 11 rings (SSSR count). The Hall–Kier alpha value is -7.62. The number of fused-ring (bicyclic) bond motifs is 6. The lowest BCUT2D eigenvalue weighted by Gasteiger charge is -2.26. The van der Waals surface area contributed by atoms with Crippen LogP contribution in [-0.4, -0.2) is 4.57 Å². The molecule has 2 heterocycles. The summed E-state index contributed by atoms with van der Waals surface area (Å²) < 4.78 is 8.97. The zero-order chi connectivity index (χ0) is 37.7. The minimum absolute atomic E-state index is 0.854. The molecule has 0 saturated carbocycles. The minimum Gasteiger partial charge on any atom is -0.456 e. The average molecular weight is 729 g/mol. The molecule has 0 atom stereocenters. The van der Waals surface area contributed by atoms with E-state index in [1.807, 2.05) is 0 Å². The van der Waals surface area contributed by atoms with Crippen LogP contribution in [0.3, 0.4) is 0 Å². The molecular weight excluding hydrogens is 693 g/mol. The summed E-state index contributed by atoms with van der Waals surface area (Å²) in [4.78, 5) is 2.36. The van der Waals surface area contributed by atoms with Gasteiger partial charge in [-0.15, -0.1) is 0 Å². The van der Waals surface area contributed by atoms with Gasteiger partial charge in [-0.2, -0.15) is 0 Å². The number of anilines is 3. The molecule has 3 nitrogen and oxygen atoms in total. The highest BCUT2D eigenvalue weighted by molar-refractivity contribution is 6.15. The molecule has 0 fully saturated rings. The summed E-state index contributed by atoms with van der Waals surface area (Å²) in [7, 11) is 0. The van der Waals surface area contributed by atoms with Crippen LogP contribution in [-0.2, 0) is 0 Å². The fourth-order valence-corrected chi connectivity index (χ4v) is 8.48. The number of furan rings is 1. The summed E-state index contributed by atoms with van der Waals surface area (Å²) in [6, 6.07) is 78.0. The number of hydrogen-bond acceptors (Lipinski definition) is 2. The van der Waals surface area contributed by atoms with Crippen LogP contribution in [0.5, 0.6) is 0 Å². The molecule has 9 aromatic carbocycles. The molecule has 0 spiro atoms. The fraction of sp³-hybridized carbons (Fsp3) is 0. The third kappa shape index (κ3) is 5.68. The molecule has 0 bridgehead atoms. The van der Waals surface area contributed by atoms with Crippen LogP contribution in [0.2, 0.25) is 0 Å². The number of hydrogen-bond donors (Lipinski definition) is 0. The predicted molar refractivity (Wildman–Crippen MR) is 239 cm³/mol. The third-order valence-corrected chi connectivity index (χ3v) is 11.2. The Morgan fingerprint density at radius 3 is 1.49 bits per heavy atom. The molecule has 0 amide bonds. The maximum atomic E-state index is 6.61. The SMILES string of the molecule is c1ccc(-c2ccc(N(c3ccc(-c4ccccc4)cc3)c3cccc4oc5ccc(-c6ccc7c(c6)c6ccccc6n7-c6ccccc6)cc5c34)cc2)cc1. The Morgan fingerprint density at radius 2 is 0.842 bits per heavy atom. The quantitative estimate of drug-likeness (QED) is 0.163. The lowest BCUT2D eigenvalue weighted by atomic mass is 9.99. The summed E-state index contributed by atoms with van der Waals surface area (Å²) in [5.41, 5.74) is 15.5. The van der Waals surface area contributed by atoms with Crippen LogP contribution >= 0.6 is 0 Å². The summed E-state index contributed by atoms with van der Waals surface area (Å²) in [5.74, 6) is 0. The molecule has 11 aromatic rings. The van der Waals surface area contributed by atoms with Gasteiger partial charge in [0.15, 0.2) is 0 Å². The standard InChI is InChI=1S/C54H36N2O/c1-4-13-37(14-5-1)39-23-29-44(30-24-39)55(45-31-25-40(26-32-45)38-15-6-2-7-16-38)51-21-12-22-53-54(51)48-36-42(28-34-52(48)57-53)41-27-33-50-47(35-41)46-19-10-11-20-49(46)56(50)43-17-8-3-9-18-43/h1-36H. The highest BCUT2D eigenvalue weighted by Gasteiger charge is 2.21. The van der Waals surface area contributed by atoms with Gasteiger partial charge in [0.25, 0.3) is 0 Å². The molecule has 0 unspecified atom stereocenters. The number of nitrogens with zero attached hydrogens (tertiary/aromatic N) is 2. The number of aromatic nitrogens is 1. The second-order valence-electron chi connectivity index (χ2n) is 14.5. The van der Waals surface area contributed by atoms with Gasteiger partial charge in [-0.3, -0.25) is 0 Å². The lowest BCUT2D eigenvalue weighted by molar-refractivity contribution is 0.669. The smallest absolute Gasteiger partial charge is 0.137 e. The molecule has 2 aromatic heterocycles. The van der Waals surface area contributed by atoms with Crippen molar-refractivity contribution < 1.29 is 4.42 Å². The van der Waals surface area contributed by atoms with E-state index in [-0.39, 0.29) is 0 Å². The monoisotopic (exact) mass is 728 g/mol. The molecule has 268 valence electrons.